The van der Waals surface area contributed by atoms with Gasteiger partial charge in [-0.2, -0.15) is 0 Å². The van der Waals surface area contributed by atoms with Gasteiger partial charge < -0.3 is 14.9 Å². The van der Waals surface area contributed by atoms with Crippen molar-refractivity contribution in [3.8, 4) is 5.75 Å². The smallest absolute Gasteiger partial charge is 0.309 e. The van der Waals surface area contributed by atoms with Crippen molar-refractivity contribution >= 4 is 5.97 Å². The maximum absolute atomic E-state index is 11.6. The van der Waals surface area contributed by atoms with Gasteiger partial charge >= 0.3 is 5.97 Å². The molecule has 1 unspecified atom stereocenters. The summed E-state index contributed by atoms with van der Waals surface area (Å²) in [5.74, 6) is 0.0715. The molecule has 6 nitrogen and oxygen atoms in total. The normalized spacial score (nSPS) is 17.7. The molecule has 0 aliphatic heterocycles. The summed E-state index contributed by atoms with van der Waals surface area (Å²) in [6, 6.07) is 0. The van der Waals surface area contributed by atoms with Gasteiger partial charge in [0.25, 0.3) is 0 Å². The second kappa shape index (κ2) is 8.15. The van der Waals surface area contributed by atoms with E-state index in [1.807, 2.05) is 25.8 Å². The quantitative estimate of drug-likeness (QED) is 0.750. The van der Waals surface area contributed by atoms with Gasteiger partial charge in [0.1, 0.15) is 5.75 Å². The van der Waals surface area contributed by atoms with E-state index in [4.69, 9.17) is 4.74 Å². The van der Waals surface area contributed by atoms with E-state index in [2.05, 4.69) is 4.98 Å². The number of ether oxygens (including phenoxy) is 1. The molecule has 2 N–H and O–H groups in total. The van der Waals surface area contributed by atoms with E-state index in [0.29, 0.717) is 32.4 Å². The summed E-state index contributed by atoms with van der Waals surface area (Å²) >= 11 is 0. The van der Waals surface area contributed by atoms with E-state index in [0.717, 1.165) is 35.4 Å². The number of carbonyl (C=O) groups is 1. The molecule has 1 aliphatic rings. The summed E-state index contributed by atoms with van der Waals surface area (Å²) in [5, 5.41) is 20.0. The number of aliphatic hydroxyl groups is 1. The Morgan fingerprint density at radius 1 is 1.40 bits per heavy atom. The van der Waals surface area contributed by atoms with E-state index in [1.165, 1.54) is 0 Å². The third-order valence-corrected chi connectivity index (χ3v) is 5.33. The van der Waals surface area contributed by atoms with Crippen LogP contribution in [0.15, 0.2) is 6.20 Å². The van der Waals surface area contributed by atoms with Crippen molar-refractivity contribution < 1.29 is 19.7 Å². The Balaban J connectivity index is 1.98. The third kappa shape index (κ3) is 4.50. The molecule has 1 aromatic heterocycles. The average molecular weight is 350 g/mol. The van der Waals surface area contributed by atoms with Crippen LogP contribution in [0.2, 0.25) is 0 Å². The molecule has 0 amide bonds. The Morgan fingerprint density at radius 2 is 2.04 bits per heavy atom. The van der Waals surface area contributed by atoms with Crippen LogP contribution in [0.3, 0.4) is 0 Å². The van der Waals surface area contributed by atoms with E-state index >= 15 is 0 Å². The number of aromatic nitrogens is 1. The third-order valence-electron chi connectivity index (χ3n) is 5.33. The van der Waals surface area contributed by atoms with Crippen LogP contribution in [0.4, 0.5) is 0 Å². The summed E-state index contributed by atoms with van der Waals surface area (Å²) in [5.41, 5.74) is 2.16. The number of hydrogen-bond donors (Lipinski definition) is 2. The fourth-order valence-corrected chi connectivity index (χ4v) is 3.98. The van der Waals surface area contributed by atoms with Crippen molar-refractivity contribution in [2.75, 3.05) is 20.7 Å². The van der Waals surface area contributed by atoms with Crippen LogP contribution in [0.5, 0.6) is 5.75 Å². The number of rotatable bonds is 8. The van der Waals surface area contributed by atoms with Crippen LogP contribution >= 0.6 is 0 Å². The molecule has 1 aromatic rings. The van der Waals surface area contributed by atoms with Crippen molar-refractivity contribution in [1.82, 2.24) is 9.88 Å². The fraction of sp³-hybridized carbons (Fsp3) is 0.684. The van der Waals surface area contributed by atoms with Gasteiger partial charge in [0.05, 0.1) is 24.3 Å². The van der Waals surface area contributed by atoms with Gasteiger partial charge in [-0.3, -0.25) is 14.7 Å². The number of hydrogen-bond acceptors (Lipinski definition) is 5. The van der Waals surface area contributed by atoms with Gasteiger partial charge in [0.2, 0.25) is 0 Å². The second-order valence-electron chi connectivity index (χ2n) is 7.39. The van der Waals surface area contributed by atoms with Gasteiger partial charge in [-0.05, 0) is 40.2 Å². The summed E-state index contributed by atoms with van der Waals surface area (Å²) < 4.78 is 5.43. The standard InChI is InChI=1S/C19H30N2O4/c1-13-10-20-16(14(2)17(13)25-4)12-21(3)11-15(22)9-19(18(23)24)7-5-6-8-19/h10,15,22H,5-9,11-12H2,1-4H3,(H,23,24). The zero-order chi connectivity index (χ0) is 18.6. The number of carboxylic acids is 1. The van der Waals surface area contributed by atoms with Crippen molar-refractivity contribution in [3.63, 3.8) is 0 Å². The Labute approximate surface area is 149 Å². The monoisotopic (exact) mass is 350 g/mol. The van der Waals surface area contributed by atoms with Gasteiger partial charge in [0.15, 0.2) is 0 Å². The molecule has 0 saturated heterocycles. The van der Waals surface area contributed by atoms with E-state index in [1.54, 1.807) is 13.3 Å². The number of nitrogens with zero attached hydrogens (tertiary/aromatic N) is 2. The van der Waals surface area contributed by atoms with Crippen LogP contribution in [-0.2, 0) is 11.3 Å². The van der Waals surface area contributed by atoms with Gasteiger partial charge in [0, 0.05) is 30.4 Å². The van der Waals surface area contributed by atoms with E-state index in [9.17, 15) is 15.0 Å². The molecular weight excluding hydrogens is 320 g/mol. The van der Waals surface area contributed by atoms with Crippen LogP contribution in [0.1, 0.15) is 48.9 Å². The molecular formula is C19H30N2O4. The van der Waals surface area contributed by atoms with Crippen LogP contribution in [0, 0.1) is 19.3 Å². The Morgan fingerprint density at radius 3 is 2.60 bits per heavy atom. The maximum Gasteiger partial charge on any atom is 0.309 e. The number of likely N-dealkylation sites (N-methyl/N-ethyl adjacent to an activating group) is 1. The number of methoxy groups -OCH3 is 1. The lowest BCUT2D eigenvalue weighted by Crippen LogP contribution is -2.37. The number of aliphatic carboxylic acids is 1. The molecule has 25 heavy (non-hydrogen) atoms. The van der Waals surface area contributed by atoms with Crippen molar-refractivity contribution in [3.05, 3.63) is 23.0 Å². The number of aliphatic hydroxyl groups excluding tert-OH is 1. The molecule has 0 aromatic carbocycles. The topological polar surface area (TPSA) is 82.9 Å². The number of carboxylic acid groups (broad SMARTS) is 1. The molecule has 1 saturated carbocycles. The molecule has 0 radical (unpaired) electrons. The molecule has 0 spiro atoms. The zero-order valence-corrected chi connectivity index (χ0v) is 15.7. The average Bonchev–Trinajstić information content (AvgIpc) is 3.00. The van der Waals surface area contributed by atoms with Gasteiger partial charge in [-0.1, -0.05) is 12.8 Å². The highest BCUT2D eigenvalue weighted by atomic mass is 16.5. The zero-order valence-electron chi connectivity index (χ0n) is 15.7. The van der Waals surface area contributed by atoms with E-state index < -0.39 is 17.5 Å². The largest absolute Gasteiger partial charge is 0.496 e. The summed E-state index contributed by atoms with van der Waals surface area (Å²) in [6.45, 7) is 4.95. The maximum atomic E-state index is 11.6. The predicted octanol–water partition coefficient (Wildman–Crippen LogP) is 2.53. The molecule has 6 heteroatoms. The Bertz CT molecular complexity index is 612. The highest BCUT2D eigenvalue weighted by Crippen LogP contribution is 2.42. The minimum Gasteiger partial charge on any atom is -0.496 e. The Hall–Kier alpha value is -1.66. The Kier molecular flexibility index (Phi) is 6.41. The summed E-state index contributed by atoms with van der Waals surface area (Å²) in [7, 11) is 3.57. The lowest BCUT2D eigenvalue weighted by Gasteiger charge is -2.29. The minimum atomic E-state index is -0.771. The molecule has 0 bridgehead atoms. The highest BCUT2D eigenvalue weighted by Gasteiger charge is 2.42. The summed E-state index contributed by atoms with van der Waals surface area (Å²) in [4.78, 5) is 18.1. The van der Waals surface area contributed by atoms with Gasteiger partial charge in [-0.25, -0.2) is 0 Å². The van der Waals surface area contributed by atoms with Crippen LogP contribution in [0.25, 0.3) is 0 Å². The molecule has 2 rings (SSSR count). The molecule has 1 fully saturated rings. The predicted molar refractivity (Wildman–Crippen MR) is 95.8 cm³/mol. The first-order valence-electron chi connectivity index (χ1n) is 8.88. The fourth-order valence-electron chi connectivity index (χ4n) is 3.98. The van der Waals surface area contributed by atoms with Gasteiger partial charge in [-0.15, -0.1) is 0 Å². The molecule has 1 aliphatic carbocycles. The second-order valence-corrected chi connectivity index (χ2v) is 7.39. The minimum absolute atomic E-state index is 0.316. The first kappa shape index (κ1) is 19.7. The highest BCUT2D eigenvalue weighted by molar-refractivity contribution is 5.75. The molecule has 140 valence electrons. The number of aryl methyl sites for hydroxylation is 1. The SMILES string of the molecule is COc1c(C)cnc(CN(C)CC(O)CC2(C(=O)O)CCCC2)c1C. The number of pyridine rings is 1. The van der Waals surface area contributed by atoms with E-state index in [-0.39, 0.29) is 0 Å². The lowest BCUT2D eigenvalue weighted by molar-refractivity contribution is -0.150. The lowest BCUT2D eigenvalue weighted by atomic mass is 9.80. The van der Waals surface area contributed by atoms with Crippen LogP contribution < -0.4 is 4.74 Å². The first-order chi connectivity index (χ1) is 11.8. The van der Waals surface area contributed by atoms with Crippen LogP contribution in [-0.4, -0.2) is 52.9 Å². The van der Waals surface area contributed by atoms with Crippen molar-refractivity contribution in [1.29, 1.82) is 0 Å². The van der Waals surface area contributed by atoms with Crippen molar-refractivity contribution in [2.24, 2.45) is 5.41 Å². The first-order valence-corrected chi connectivity index (χ1v) is 8.88. The molecule has 1 heterocycles. The summed E-state index contributed by atoms with van der Waals surface area (Å²) in [6.07, 6.45) is 4.65. The molecule has 1 atom stereocenters. The van der Waals surface area contributed by atoms with Crippen molar-refractivity contribution in [2.45, 2.75) is 58.6 Å².